The Bertz CT molecular complexity index is 112. The average molecular weight is 126 g/mol. The van der Waals surface area contributed by atoms with Crippen LogP contribution in [0.1, 0.15) is 27.2 Å². The van der Waals surface area contributed by atoms with E-state index in [0.717, 1.165) is 6.29 Å². The van der Waals surface area contributed by atoms with Crippen molar-refractivity contribution in [1.82, 2.24) is 0 Å². The first-order chi connectivity index (χ1) is 4.12. The maximum atomic E-state index is 10.1. The van der Waals surface area contributed by atoms with Gasteiger partial charge in [-0.2, -0.15) is 0 Å². The van der Waals surface area contributed by atoms with E-state index >= 15 is 0 Å². The summed E-state index contributed by atoms with van der Waals surface area (Å²) in [5.74, 6) is 0. The summed E-state index contributed by atoms with van der Waals surface area (Å²) in [5.41, 5.74) is 0.0521. The van der Waals surface area contributed by atoms with Crippen molar-refractivity contribution < 1.29 is 4.79 Å². The number of rotatable bonds is 3. The summed E-state index contributed by atoms with van der Waals surface area (Å²) < 4.78 is 0. The predicted molar refractivity (Wildman–Crippen MR) is 39.3 cm³/mol. The predicted octanol–water partition coefficient (Wildman–Crippen LogP) is 2.18. The van der Waals surface area contributed by atoms with Crippen LogP contribution >= 0.6 is 0 Å². The largest absolute Gasteiger partial charge is 0.303 e. The van der Waals surface area contributed by atoms with Crippen LogP contribution in [0.2, 0.25) is 0 Å². The van der Waals surface area contributed by atoms with Gasteiger partial charge in [0.15, 0.2) is 0 Å². The monoisotopic (exact) mass is 126 g/mol. The molecule has 0 bridgehead atoms. The molecule has 0 rings (SSSR count). The fourth-order valence-corrected chi connectivity index (χ4v) is 0.734. The summed E-state index contributed by atoms with van der Waals surface area (Å²) in [7, 11) is 0. The summed E-state index contributed by atoms with van der Waals surface area (Å²) in [6.07, 6.45) is 5.59. The van der Waals surface area contributed by atoms with Gasteiger partial charge >= 0.3 is 0 Å². The molecule has 0 amide bonds. The van der Waals surface area contributed by atoms with Gasteiger partial charge in [-0.1, -0.05) is 26.0 Å². The van der Waals surface area contributed by atoms with Gasteiger partial charge in [-0.15, -0.1) is 0 Å². The topological polar surface area (TPSA) is 17.1 Å². The number of hydrogen-bond acceptors (Lipinski definition) is 1. The molecule has 1 heteroatoms. The number of carbonyl (C=O) groups is 1. The minimum Gasteiger partial charge on any atom is -0.303 e. The molecule has 52 valence electrons. The Morgan fingerprint density at radius 2 is 2.00 bits per heavy atom. The highest BCUT2D eigenvalue weighted by Gasteiger charge is 2.10. The molecule has 0 aliphatic heterocycles. The molecule has 0 saturated heterocycles. The Morgan fingerprint density at radius 3 is 2.33 bits per heavy atom. The highest BCUT2D eigenvalue weighted by atomic mass is 16.1. The standard InChI is InChI=1S/C8H14O/c1-4-5-8(2,3)6-7-9/h4-5,7H,6H2,1-3H3. The van der Waals surface area contributed by atoms with Crippen molar-refractivity contribution in [3.8, 4) is 0 Å². The minimum absolute atomic E-state index is 0.0521. The average Bonchev–Trinajstić information content (AvgIpc) is 1.64. The van der Waals surface area contributed by atoms with Crippen LogP contribution in [0.4, 0.5) is 0 Å². The summed E-state index contributed by atoms with van der Waals surface area (Å²) in [4.78, 5) is 10.1. The lowest BCUT2D eigenvalue weighted by atomic mass is 9.90. The van der Waals surface area contributed by atoms with Gasteiger partial charge in [0.2, 0.25) is 0 Å². The van der Waals surface area contributed by atoms with Crippen molar-refractivity contribution in [2.75, 3.05) is 0 Å². The Morgan fingerprint density at radius 1 is 1.44 bits per heavy atom. The number of hydrogen-bond donors (Lipinski definition) is 0. The lowest BCUT2D eigenvalue weighted by Crippen LogP contribution is -2.06. The summed E-state index contributed by atoms with van der Waals surface area (Å²) in [6.45, 7) is 6.05. The summed E-state index contributed by atoms with van der Waals surface area (Å²) in [6, 6.07) is 0. The highest BCUT2D eigenvalue weighted by Crippen LogP contribution is 2.19. The molecule has 0 N–H and O–H groups in total. The quantitative estimate of drug-likeness (QED) is 0.418. The molecule has 0 fully saturated rings. The zero-order chi connectivity index (χ0) is 7.33. The Hall–Kier alpha value is -0.590. The van der Waals surface area contributed by atoms with E-state index in [1.807, 2.05) is 32.9 Å². The Labute approximate surface area is 56.8 Å². The van der Waals surface area contributed by atoms with Crippen LogP contribution in [0, 0.1) is 5.41 Å². The zero-order valence-corrected chi connectivity index (χ0v) is 6.35. The molecule has 0 atom stereocenters. The molecule has 0 aromatic heterocycles. The second kappa shape index (κ2) is 3.44. The van der Waals surface area contributed by atoms with Crippen LogP contribution < -0.4 is 0 Å². The van der Waals surface area contributed by atoms with Gasteiger partial charge in [0.05, 0.1) is 0 Å². The van der Waals surface area contributed by atoms with E-state index in [0.29, 0.717) is 6.42 Å². The maximum Gasteiger partial charge on any atom is 0.120 e. The van der Waals surface area contributed by atoms with Crippen molar-refractivity contribution in [3.63, 3.8) is 0 Å². The fraction of sp³-hybridized carbons (Fsp3) is 0.625. The van der Waals surface area contributed by atoms with E-state index in [2.05, 4.69) is 0 Å². The van der Waals surface area contributed by atoms with Gasteiger partial charge in [-0.3, -0.25) is 0 Å². The van der Waals surface area contributed by atoms with Crippen LogP contribution in [-0.4, -0.2) is 6.29 Å². The molecule has 0 saturated carbocycles. The third-order valence-corrected chi connectivity index (χ3v) is 1.23. The van der Waals surface area contributed by atoms with Crippen molar-refractivity contribution in [2.24, 2.45) is 5.41 Å². The Kier molecular flexibility index (Phi) is 3.21. The first-order valence-corrected chi connectivity index (χ1v) is 3.20. The lowest BCUT2D eigenvalue weighted by Gasteiger charge is -2.14. The van der Waals surface area contributed by atoms with Gasteiger partial charge in [0.1, 0.15) is 6.29 Å². The molecule has 0 aromatic rings. The minimum atomic E-state index is 0.0521. The lowest BCUT2D eigenvalue weighted by molar-refractivity contribution is -0.109. The number of allylic oxidation sites excluding steroid dienone is 2. The molecule has 9 heavy (non-hydrogen) atoms. The van der Waals surface area contributed by atoms with E-state index < -0.39 is 0 Å². The SMILES string of the molecule is CC=CC(C)(C)CC=O. The zero-order valence-electron chi connectivity index (χ0n) is 6.35. The molecule has 0 aromatic carbocycles. The molecule has 1 nitrogen and oxygen atoms in total. The molecule has 0 spiro atoms. The van der Waals surface area contributed by atoms with Crippen LogP contribution in [0.3, 0.4) is 0 Å². The third kappa shape index (κ3) is 3.95. The van der Waals surface area contributed by atoms with E-state index in [1.165, 1.54) is 0 Å². The van der Waals surface area contributed by atoms with E-state index in [9.17, 15) is 4.79 Å². The van der Waals surface area contributed by atoms with Crippen LogP contribution in [0.25, 0.3) is 0 Å². The number of aldehydes is 1. The van der Waals surface area contributed by atoms with Crippen molar-refractivity contribution in [2.45, 2.75) is 27.2 Å². The van der Waals surface area contributed by atoms with Crippen LogP contribution in [0.15, 0.2) is 12.2 Å². The first kappa shape index (κ1) is 8.41. The van der Waals surface area contributed by atoms with Crippen molar-refractivity contribution >= 4 is 6.29 Å². The van der Waals surface area contributed by atoms with Gasteiger partial charge in [0.25, 0.3) is 0 Å². The number of carbonyl (C=O) groups excluding carboxylic acids is 1. The molecular formula is C8H14O. The second-order valence-electron chi connectivity index (χ2n) is 2.86. The smallest absolute Gasteiger partial charge is 0.120 e. The second-order valence-corrected chi connectivity index (χ2v) is 2.86. The van der Waals surface area contributed by atoms with Crippen molar-refractivity contribution in [3.05, 3.63) is 12.2 Å². The Balaban J connectivity index is 3.84. The maximum absolute atomic E-state index is 10.1. The molecule has 0 heterocycles. The highest BCUT2D eigenvalue weighted by molar-refractivity contribution is 5.51. The normalized spacial score (nSPS) is 12.3. The molecular weight excluding hydrogens is 112 g/mol. The van der Waals surface area contributed by atoms with Crippen molar-refractivity contribution in [1.29, 1.82) is 0 Å². The molecule has 0 aliphatic rings. The van der Waals surface area contributed by atoms with E-state index in [1.54, 1.807) is 0 Å². The van der Waals surface area contributed by atoms with Gasteiger partial charge < -0.3 is 4.79 Å². The summed E-state index contributed by atoms with van der Waals surface area (Å²) >= 11 is 0. The van der Waals surface area contributed by atoms with E-state index in [-0.39, 0.29) is 5.41 Å². The van der Waals surface area contributed by atoms with Gasteiger partial charge in [0, 0.05) is 6.42 Å². The molecule has 0 unspecified atom stereocenters. The van der Waals surface area contributed by atoms with Crippen LogP contribution in [0.5, 0.6) is 0 Å². The molecule has 0 radical (unpaired) electrons. The summed E-state index contributed by atoms with van der Waals surface area (Å²) in [5, 5.41) is 0. The van der Waals surface area contributed by atoms with Gasteiger partial charge in [-0.25, -0.2) is 0 Å². The first-order valence-electron chi connectivity index (χ1n) is 3.20. The molecule has 0 aliphatic carbocycles. The van der Waals surface area contributed by atoms with E-state index in [4.69, 9.17) is 0 Å². The van der Waals surface area contributed by atoms with Gasteiger partial charge in [-0.05, 0) is 12.3 Å². The fourth-order valence-electron chi connectivity index (χ4n) is 0.734. The van der Waals surface area contributed by atoms with Crippen LogP contribution in [-0.2, 0) is 4.79 Å². The third-order valence-electron chi connectivity index (χ3n) is 1.23.